The largest absolute Gasteiger partial charge is 0.494 e. The molecule has 0 aliphatic heterocycles. The molecule has 2 aromatic rings. The summed E-state index contributed by atoms with van der Waals surface area (Å²) in [5, 5.41) is 7.42. The van der Waals surface area contributed by atoms with Crippen molar-refractivity contribution in [1.29, 1.82) is 0 Å². The molecule has 2 N–H and O–H groups in total. The van der Waals surface area contributed by atoms with Crippen LogP contribution in [0.5, 0.6) is 5.75 Å². The average molecular weight is 353 g/mol. The lowest BCUT2D eigenvalue weighted by atomic mass is 10.1. The van der Waals surface area contributed by atoms with E-state index >= 15 is 0 Å². The molecule has 0 saturated carbocycles. The number of anilines is 1. The van der Waals surface area contributed by atoms with Crippen LogP contribution in [0.15, 0.2) is 59.7 Å². The summed E-state index contributed by atoms with van der Waals surface area (Å²) in [5.41, 5.74) is 5.46. The second-order valence-electron chi connectivity index (χ2n) is 5.87. The van der Waals surface area contributed by atoms with Crippen molar-refractivity contribution in [1.82, 2.24) is 5.43 Å². The lowest BCUT2D eigenvalue weighted by molar-refractivity contribution is -0.119. The van der Waals surface area contributed by atoms with Gasteiger partial charge in [-0.1, -0.05) is 43.7 Å². The third kappa shape index (κ3) is 6.59. The summed E-state index contributed by atoms with van der Waals surface area (Å²) < 4.78 is 5.40. The van der Waals surface area contributed by atoms with Crippen molar-refractivity contribution in [2.75, 3.05) is 18.5 Å². The van der Waals surface area contributed by atoms with Crippen LogP contribution in [0.4, 0.5) is 5.69 Å². The van der Waals surface area contributed by atoms with Crippen LogP contribution in [0.3, 0.4) is 0 Å². The van der Waals surface area contributed by atoms with E-state index in [-0.39, 0.29) is 12.5 Å². The summed E-state index contributed by atoms with van der Waals surface area (Å²) in [4.78, 5) is 12.1. The lowest BCUT2D eigenvalue weighted by Crippen LogP contribution is -2.27. The highest BCUT2D eigenvalue weighted by atomic mass is 16.5. The van der Waals surface area contributed by atoms with Gasteiger partial charge in [0.2, 0.25) is 0 Å². The minimum Gasteiger partial charge on any atom is -0.494 e. The SMILES string of the molecule is CCCC/C(=N/NC(=O)CNc1ccc(OCC)cc1)c1ccccc1. The molecule has 0 aliphatic carbocycles. The van der Waals surface area contributed by atoms with Gasteiger partial charge in [-0.3, -0.25) is 4.79 Å². The molecule has 2 aromatic carbocycles. The lowest BCUT2D eigenvalue weighted by Gasteiger charge is -2.09. The topological polar surface area (TPSA) is 62.7 Å². The van der Waals surface area contributed by atoms with Crippen molar-refractivity contribution in [3.05, 3.63) is 60.2 Å². The van der Waals surface area contributed by atoms with Crippen molar-refractivity contribution in [2.45, 2.75) is 33.1 Å². The molecule has 2 rings (SSSR count). The van der Waals surface area contributed by atoms with Gasteiger partial charge in [0.15, 0.2) is 0 Å². The molecule has 0 atom stereocenters. The van der Waals surface area contributed by atoms with Crippen LogP contribution in [-0.4, -0.2) is 24.8 Å². The zero-order chi connectivity index (χ0) is 18.6. The van der Waals surface area contributed by atoms with Crippen molar-refractivity contribution in [3.63, 3.8) is 0 Å². The summed E-state index contributed by atoms with van der Waals surface area (Å²) >= 11 is 0. The number of carbonyl (C=O) groups excluding carboxylic acids is 1. The third-order valence-electron chi connectivity index (χ3n) is 3.81. The van der Waals surface area contributed by atoms with Crippen LogP contribution < -0.4 is 15.5 Å². The number of ether oxygens (including phenoxy) is 1. The highest BCUT2D eigenvalue weighted by Gasteiger charge is 2.05. The number of hydrogen-bond acceptors (Lipinski definition) is 4. The first-order chi connectivity index (χ1) is 12.7. The summed E-state index contributed by atoms with van der Waals surface area (Å²) in [6.45, 7) is 4.88. The quantitative estimate of drug-likeness (QED) is 0.497. The molecular weight excluding hydrogens is 326 g/mol. The number of hydrogen-bond donors (Lipinski definition) is 2. The molecule has 0 spiro atoms. The van der Waals surface area contributed by atoms with E-state index in [1.807, 2.05) is 61.5 Å². The number of benzene rings is 2. The Balaban J connectivity index is 1.89. The van der Waals surface area contributed by atoms with Gasteiger partial charge < -0.3 is 10.1 Å². The fourth-order valence-electron chi connectivity index (χ4n) is 2.43. The van der Waals surface area contributed by atoms with Gasteiger partial charge in [-0.15, -0.1) is 0 Å². The zero-order valence-corrected chi connectivity index (χ0v) is 15.5. The molecule has 0 saturated heterocycles. The molecule has 5 heteroatoms. The maximum atomic E-state index is 12.1. The van der Waals surface area contributed by atoms with Crippen molar-refractivity contribution in [2.24, 2.45) is 5.10 Å². The van der Waals surface area contributed by atoms with E-state index in [0.29, 0.717) is 6.61 Å². The molecule has 5 nitrogen and oxygen atoms in total. The number of amides is 1. The van der Waals surface area contributed by atoms with Gasteiger partial charge in [0.1, 0.15) is 5.75 Å². The predicted octanol–water partition coefficient (Wildman–Crippen LogP) is 4.21. The van der Waals surface area contributed by atoms with E-state index in [2.05, 4.69) is 22.8 Å². The van der Waals surface area contributed by atoms with E-state index < -0.39 is 0 Å². The number of unbranched alkanes of at least 4 members (excludes halogenated alkanes) is 1. The normalized spacial score (nSPS) is 11.1. The number of nitrogens with zero attached hydrogens (tertiary/aromatic N) is 1. The summed E-state index contributed by atoms with van der Waals surface area (Å²) in [5.74, 6) is 0.638. The maximum Gasteiger partial charge on any atom is 0.259 e. The van der Waals surface area contributed by atoms with Crippen LogP contribution in [0.25, 0.3) is 0 Å². The van der Waals surface area contributed by atoms with Gasteiger partial charge in [-0.2, -0.15) is 5.10 Å². The first-order valence-electron chi connectivity index (χ1n) is 9.10. The maximum absolute atomic E-state index is 12.1. The van der Waals surface area contributed by atoms with E-state index in [9.17, 15) is 4.79 Å². The second kappa shape index (κ2) is 10.9. The van der Waals surface area contributed by atoms with Crippen molar-refractivity contribution < 1.29 is 9.53 Å². The minimum absolute atomic E-state index is 0.160. The Morgan fingerprint density at radius 3 is 2.42 bits per heavy atom. The highest BCUT2D eigenvalue weighted by Crippen LogP contribution is 2.15. The van der Waals surface area contributed by atoms with E-state index in [4.69, 9.17) is 4.74 Å². The predicted molar refractivity (Wildman–Crippen MR) is 107 cm³/mol. The van der Waals surface area contributed by atoms with Gasteiger partial charge in [-0.05, 0) is 49.6 Å². The Labute approximate surface area is 155 Å². The minimum atomic E-state index is -0.177. The third-order valence-corrected chi connectivity index (χ3v) is 3.81. The van der Waals surface area contributed by atoms with Crippen molar-refractivity contribution >= 4 is 17.3 Å². The molecular formula is C21H27N3O2. The van der Waals surface area contributed by atoms with E-state index in [0.717, 1.165) is 42.0 Å². The Morgan fingerprint density at radius 1 is 1.04 bits per heavy atom. The smallest absolute Gasteiger partial charge is 0.259 e. The van der Waals surface area contributed by atoms with E-state index in [1.165, 1.54) is 0 Å². The molecule has 26 heavy (non-hydrogen) atoms. The molecule has 0 aromatic heterocycles. The molecule has 0 fully saturated rings. The first-order valence-corrected chi connectivity index (χ1v) is 9.10. The fourth-order valence-corrected chi connectivity index (χ4v) is 2.43. The second-order valence-corrected chi connectivity index (χ2v) is 5.87. The molecule has 0 unspecified atom stereocenters. The fraction of sp³-hybridized carbons (Fsp3) is 0.333. The average Bonchev–Trinajstić information content (AvgIpc) is 2.68. The Morgan fingerprint density at radius 2 is 1.77 bits per heavy atom. The Kier molecular flexibility index (Phi) is 8.19. The van der Waals surface area contributed by atoms with Gasteiger partial charge in [0.25, 0.3) is 5.91 Å². The van der Waals surface area contributed by atoms with Crippen LogP contribution in [0, 0.1) is 0 Å². The molecule has 0 aliphatic rings. The molecule has 0 heterocycles. The Hall–Kier alpha value is -2.82. The van der Waals surface area contributed by atoms with Crippen molar-refractivity contribution in [3.8, 4) is 5.75 Å². The standard InChI is InChI=1S/C21H27N3O2/c1-3-5-11-20(17-9-7-6-8-10-17)23-24-21(25)16-22-18-12-14-19(15-13-18)26-4-2/h6-10,12-15,22H,3-5,11,16H2,1-2H3,(H,24,25)/b23-20-. The number of rotatable bonds is 10. The number of nitrogens with one attached hydrogen (secondary N) is 2. The van der Waals surface area contributed by atoms with Crippen LogP contribution in [0.1, 0.15) is 38.7 Å². The van der Waals surface area contributed by atoms with Gasteiger partial charge in [-0.25, -0.2) is 5.43 Å². The Bertz CT molecular complexity index is 697. The van der Waals surface area contributed by atoms with Gasteiger partial charge >= 0.3 is 0 Å². The molecule has 0 radical (unpaired) electrons. The monoisotopic (exact) mass is 353 g/mol. The molecule has 1 amide bonds. The summed E-state index contributed by atoms with van der Waals surface area (Å²) in [6.07, 6.45) is 2.96. The van der Waals surface area contributed by atoms with Gasteiger partial charge in [0, 0.05) is 5.69 Å². The van der Waals surface area contributed by atoms with E-state index in [1.54, 1.807) is 0 Å². The highest BCUT2D eigenvalue weighted by molar-refractivity contribution is 6.01. The molecule has 0 bridgehead atoms. The number of hydrazone groups is 1. The van der Waals surface area contributed by atoms with Crippen LogP contribution in [-0.2, 0) is 4.79 Å². The van der Waals surface area contributed by atoms with Crippen LogP contribution in [0.2, 0.25) is 0 Å². The summed E-state index contributed by atoms with van der Waals surface area (Å²) in [7, 11) is 0. The first kappa shape index (κ1) is 19.5. The summed E-state index contributed by atoms with van der Waals surface area (Å²) in [6, 6.07) is 17.5. The number of carbonyl (C=O) groups is 1. The van der Waals surface area contributed by atoms with Crippen LogP contribution >= 0.6 is 0 Å². The zero-order valence-electron chi connectivity index (χ0n) is 15.5. The van der Waals surface area contributed by atoms with Gasteiger partial charge in [0.05, 0.1) is 18.9 Å². The molecule has 138 valence electrons.